The standard InChI is InChI=1S/C17H21NO4/c1-13(2)16(19)22-15-8-10-18(11-9-15)17(20)21-12-14-6-4-3-5-7-14/h3-7,15H,1,8-12H2,2H3. The number of carbonyl (C=O) groups is 2. The molecule has 0 N–H and O–H groups in total. The second-order valence-corrected chi connectivity index (χ2v) is 5.41. The molecule has 118 valence electrons. The van der Waals surface area contributed by atoms with Crippen molar-refractivity contribution in [3.63, 3.8) is 0 Å². The fourth-order valence-electron chi connectivity index (χ4n) is 2.22. The Bertz CT molecular complexity index is 533. The van der Waals surface area contributed by atoms with Gasteiger partial charge in [-0.1, -0.05) is 36.9 Å². The molecular weight excluding hydrogens is 282 g/mol. The molecule has 0 spiro atoms. The van der Waals surface area contributed by atoms with Crippen molar-refractivity contribution < 1.29 is 19.1 Å². The summed E-state index contributed by atoms with van der Waals surface area (Å²) in [7, 11) is 0. The molecule has 1 saturated heterocycles. The third-order valence-corrected chi connectivity index (χ3v) is 3.53. The molecule has 22 heavy (non-hydrogen) atoms. The van der Waals surface area contributed by atoms with Gasteiger partial charge < -0.3 is 14.4 Å². The summed E-state index contributed by atoms with van der Waals surface area (Å²) < 4.78 is 10.6. The van der Waals surface area contributed by atoms with E-state index in [4.69, 9.17) is 9.47 Å². The summed E-state index contributed by atoms with van der Waals surface area (Å²) in [6, 6.07) is 9.56. The molecule has 1 amide bonds. The number of carbonyl (C=O) groups excluding carboxylic acids is 2. The number of hydrogen-bond acceptors (Lipinski definition) is 4. The zero-order chi connectivity index (χ0) is 15.9. The number of benzene rings is 1. The molecule has 5 heteroatoms. The van der Waals surface area contributed by atoms with Gasteiger partial charge in [-0.05, 0) is 12.5 Å². The van der Waals surface area contributed by atoms with Crippen LogP contribution in [0.3, 0.4) is 0 Å². The summed E-state index contributed by atoms with van der Waals surface area (Å²) in [5.41, 5.74) is 1.35. The van der Waals surface area contributed by atoms with E-state index in [1.54, 1.807) is 11.8 Å². The minimum Gasteiger partial charge on any atom is -0.459 e. The number of nitrogens with zero attached hydrogens (tertiary/aromatic N) is 1. The van der Waals surface area contributed by atoms with Gasteiger partial charge in [0.15, 0.2) is 0 Å². The molecule has 1 fully saturated rings. The van der Waals surface area contributed by atoms with Crippen LogP contribution in [-0.2, 0) is 20.9 Å². The van der Waals surface area contributed by atoms with Gasteiger partial charge in [0, 0.05) is 31.5 Å². The first-order chi connectivity index (χ1) is 10.6. The van der Waals surface area contributed by atoms with E-state index >= 15 is 0 Å². The number of hydrogen-bond donors (Lipinski definition) is 0. The van der Waals surface area contributed by atoms with Crippen LogP contribution in [0.1, 0.15) is 25.3 Å². The van der Waals surface area contributed by atoms with Crippen LogP contribution in [0, 0.1) is 0 Å². The largest absolute Gasteiger partial charge is 0.459 e. The number of rotatable bonds is 4. The van der Waals surface area contributed by atoms with Gasteiger partial charge in [-0.25, -0.2) is 9.59 Å². The van der Waals surface area contributed by atoms with Crippen molar-refractivity contribution in [2.75, 3.05) is 13.1 Å². The predicted molar refractivity (Wildman–Crippen MR) is 82.1 cm³/mol. The molecular formula is C17H21NO4. The second kappa shape index (κ2) is 7.64. The lowest BCUT2D eigenvalue weighted by Gasteiger charge is -2.31. The molecule has 1 aliphatic heterocycles. The van der Waals surface area contributed by atoms with Crippen LogP contribution < -0.4 is 0 Å². The van der Waals surface area contributed by atoms with Crippen LogP contribution in [-0.4, -0.2) is 36.2 Å². The normalized spacial score (nSPS) is 15.2. The van der Waals surface area contributed by atoms with Gasteiger partial charge >= 0.3 is 12.1 Å². The Morgan fingerprint density at radius 3 is 2.45 bits per heavy atom. The first-order valence-electron chi connectivity index (χ1n) is 7.38. The van der Waals surface area contributed by atoms with Crippen molar-refractivity contribution >= 4 is 12.1 Å². The zero-order valence-electron chi connectivity index (χ0n) is 12.8. The number of likely N-dealkylation sites (tertiary alicyclic amines) is 1. The summed E-state index contributed by atoms with van der Waals surface area (Å²) in [5, 5.41) is 0. The highest BCUT2D eigenvalue weighted by molar-refractivity contribution is 5.87. The van der Waals surface area contributed by atoms with Crippen molar-refractivity contribution in [1.29, 1.82) is 0 Å². The lowest BCUT2D eigenvalue weighted by atomic mass is 10.1. The molecule has 0 unspecified atom stereocenters. The first-order valence-corrected chi connectivity index (χ1v) is 7.38. The molecule has 1 aromatic rings. The molecule has 0 aromatic heterocycles. The van der Waals surface area contributed by atoms with Gasteiger partial charge in [0.25, 0.3) is 0 Å². The topological polar surface area (TPSA) is 55.8 Å². The Morgan fingerprint density at radius 2 is 1.86 bits per heavy atom. The highest BCUT2D eigenvalue weighted by Crippen LogP contribution is 2.16. The number of esters is 1. The Balaban J connectivity index is 1.73. The fourth-order valence-corrected chi connectivity index (χ4v) is 2.22. The summed E-state index contributed by atoms with van der Waals surface area (Å²) in [5.74, 6) is -0.370. The van der Waals surface area contributed by atoms with Gasteiger partial charge in [-0.15, -0.1) is 0 Å². The summed E-state index contributed by atoms with van der Waals surface area (Å²) >= 11 is 0. The molecule has 0 saturated carbocycles. The lowest BCUT2D eigenvalue weighted by molar-refractivity contribution is -0.146. The van der Waals surface area contributed by atoms with Crippen molar-refractivity contribution in [2.45, 2.75) is 32.5 Å². The Kier molecular flexibility index (Phi) is 5.58. The molecule has 0 aliphatic carbocycles. The van der Waals surface area contributed by atoms with Crippen LogP contribution in [0.5, 0.6) is 0 Å². The average molecular weight is 303 g/mol. The van der Waals surface area contributed by atoms with E-state index in [1.807, 2.05) is 30.3 Å². The van der Waals surface area contributed by atoms with Gasteiger partial charge in [-0.3, -0.25) is 0 Å². The maximum atomic E-state index is 12.0. The van der Waals surface area contributed by atoms with Crippen molar-refractivity contribution in [1.82, 2.24) is 4.90 Å². The molecule has 1 heterocycles. The average Bonchev–Trinajstić information content (AvgIpc) is 2.54. The van der Waals surface area contributed by atoms with Crippen molar-refractivity contribution in [2.24, 2.45) is 0 Å². The van der Waals surface area contributed by atoms with E-state index in [1.165, 1.54) is 0 Å². The zero-order valence-corrected chi connectivity index (χ0v) is 12.8. The van der Waals surface area contributed by atoms with E-state index in [-0.39, 0.29) is 24.8 Å². The molecule has 0 atom stereocenters. The monoisotopic (exact) mass is 303 g/mol. The van der Waals surface area contributed by atoms with Crippen LogP contribution in [0.15, 0.2) is 42.5 Å². The first kappa shape index (κ1) is 16.1. The predicted octanol–water partition coefficient (Wildman–Crippen LogP) is 2.91. The van der Waals surface area contributed by atoms with Crippen LogP contribution in [0.25, 0.3) is 0 Å². The van der Waals surface area contributed by atoms with E-state index in [9.17, 15) is 9.59 Å². The number of ether oxygens (including phenoxy) is 2. The Morgan fingerprint density at radius 1 is 1.23 bits per heavy atom. The smallest absolute Gasteiger partial charge is 0.410 e. The van der Waals surface area contributed by atoms with Crippen LogP contribution >= 0.6 is 0 Å². The summed E-state index contributed by atoms with van der Waals surface area (Å²) in [6.07, 6.45) is 0.773. The molecule has 5 nitrogen and oxygen atoms in total. The molecule has 0 bridgehead atoms. The number of piperidine rings is 1. The summed E-state index contributed by atoms with van der Waals surface area (Å²) in [4.78, 5) is 25.1. The maximum absolute atomic E-state index is 12.0. The Hall–Kier alpha value is -2.30. The minimum absolute atomic E-state index is 0.151. The van der Waals surface area contributed by atoms with E-state index < -0.39 is 0 Å². The molecule has 2 rings (SSSR count). The third-order valence-electron chi connectivity index (χ3n) is 3.53. The SMILES string of the molecule is C=C(C)C(=O)OC1CCN(C(=O)OCc2ccccc2)CC1. The molecule has 1 aliphatic rings. The van der Waals surface area contributed by atoms with Crippen molar-refractivity contribution in [3.05, 3.63) is 48.0 Å². The van der Waals surface area contributed by atoms with Crippen molar-refractivity contribution in [3.8, 4) is 0 Å². The summed E-state index contributed by atoms with van der Waals surface area (Å²) in [6.45, 7) is 6.51. The van der Waals surface area contributed by atoms with Gasteiger partial charge in [-0.2, -0.15) is 0 Å². The van der Waals surface area contributed by atoms with Gasteiger partial charge in [0.05, 0.1) is 0 Å². The fraction of sp³-hybridized carbons (Fsp3) is 0.412. The van der Waals surface area contributed by atoms with Crippen LogP contribution in [0.4, 0.5) is 4.79 Å². The molecule has 1 aromatic carbocycles. The van der Waals surface area contributed by atoms with Gasteiger partial charge in [0.2, 0.25) is 0 Å². The molecule has 0 radical (unpaired) electrons. The van der Waals surface area contributed by atoms with Gasteiger partial charge in [0.1, 0.15) is 12.7 Å². The van der Waals surface area contributed by atoms with E-state index in [0.717, 1.165) is 5.56 Å². The Labute approximate surface area is 130 Å². The highest BCUT2D eigenvalue weighted by atomic mass is 16.6. The highest BCUT2D eigenvalue weighted by Gasteiger charge is 2.26. The third kappa shape index (κ3) is 4.62. The lowest BCUT2D eigenvalue weighted by Crippen LogP contribution is -2.41. The number of amides is 1. The maximum Gasteiger partial charge on any atom is 0.410 e. The van der Waals surface area contributed by atoms with Crippen LogP contribution in [0.2, 0.25) is 0 Å². The second-order valence-electron chi connectivity index (χ2n) is 5.41. The van der Waals surface area contributed by atoms with E-state index in [2.05, 4.69) is 6.58 Å². The van der Waals surface area contributed by atoms with E-state index in [0.29, 0.717) is 31.5 Å². The quantitative estimate of drug-likeness (QED) is 0.634. The minimum atomic E-state index is -0.370.